The van der Waals surface area contributed by atoms with Crippen LogP contribution in [0.5, 0.6) is 0 Å². The third kappa shape index (κ3) is 5.39. The largest absolute Gasteiger partial charge is 0.317 e. The molecule has 0 spiro atoms. The maximum Gasteiger partial charge on any atom is 0.00950 e. The van der Waals surface area contributed by atoms with Gasteiger partial charge in [-0.15, -0.1) is 0 Å². The molecule has 0 saturated carbocycles. The lowest BCUT2D eigenvalue weighted by Crippen LogP contribution is -2.43. The molecule has 2 nitrogen and oxygen atoms in total. The van der Waals surface area contributed by atoms with Crippen LogP contribution in [0.2, 0.25) is 0 Å². The minimum atomic E-state index is 0.866. The van der Waals surface area contributed by atoms with E-state index in [0.29, 0.717) is 0 Å². The standard InChI is InChI=1S/C15H32N2/c1-4-7-15(8-5-2)17-11-9-14(10-12-17)13-16-6-3/h14-16H,4-13H2,1-3H3. The predicted molar refractivity (Wildman–Crippen MR) is 76.4 cm³/mol. The average molecular weight is 240 g/mol. The molecule has 0 aliphatic carbocycles. The molecule has 0 atom stereocenters. The molecule has 1 rings (SSSR count). The Kier molecular flexibility index (Phi) is 7.87. The molecule has 2 heteroatoms. The zero-order valence-electron chi connectivity index (χ0n) is 12.2. The molecule has 17 heavy (non-hydrogen) atoms. The first-order valence-electron chi connectivity index (χ1n) is 7.76. The van der Waals surface area contributed by atoms with E-state index in [2.05, 4.69) is 31.0 Å². The van der Waals surface area contributed by atoms with E-state index in [1.807, 2.05) is 0 Å². The van der Waals surface area contributed by atoms with E-state index in [1.165, 1.54) is 58.2 Å². The molecule has 1 saturated heterocycles. The summed E-state index contributed by atoms with van der Waals surface area (Å²) in [6.45, 7) is 11.9. The lowest BCUT2D eigenvalue weighted by molar-refractivity contribution is 0.118. The number of nitrogens with one attached hydrogen (secondary N) is 1. The summed E-state index contributed by atoms with van der Waals surface area (Å²) in [5.74, 6) is 0.926. The molecule has 0 bridgehead atoms. The molecule has 0 aromatic heterocycles. The fourth-order valence-corrected chi connectivity index (χ4v) is 3.05. The number of likely N-dealkylation sites (tertiary alicyclic amines) is 1. The highest BCUT2D eigenvalue weighted by Crippen LogP contribution is 2.22. The highest BCUT2D eigenvalue weighted by Gasteiger charge is 2.23. The van der Waals surface area contributed by atoms with Crippen LogP contribution < -0.4 is 5.32 Å². The Morgan fingerprint density at radius 3 is 2.12 bits per heavy atom. The molecule has 0 amide bonds. The summed E-state index contributed by atoms with van der Waals surface area (Å²) in [6.07, 6.45) is 8.26. The maximum atomic E-state index is 3.49. The van der Waals surface area contributed by atoms with Gasteiger partial charge in [0.15, 0.2) is 0 Å². The number of rotatable bonds is 8. The molecular formula is C15H32N2. The lowest BCUT2D eigenvalue weighted by atomic mass is 9.94. The first kappa shape index (κ1) is 15.0. The van der Waals surface area contributed by atoms with Gasteiger partial charge in [0.25, 0.3) is 0 Å². The summed E-state index contributed by atoms with van der Waals surface area (Å²) in [5.41, 5.74) is 0. The van der Waals surface area contributed by atoms with Crippen molar-refractivity contribution in [1.82, 2.24) is 10.2 Å². The summed E-state index contributed by atoms with van der Waals surface area (Å²) in [4.78, 5) is 2.76. The molecular weight excluding hydrogens is 208 g/mol. The van der Waals surface area contributed by atoms with Gasteiger partial charge in [0.05, 0.1) is 0 Å². The average Bonchev–Trinajstić information content (AvgIpc) is 2.37. The quantitative estimate of drug-likeness (QED) is 0.700. The smallest absolute Gasteiger partial charge is 0.00950 e. The van der Waals surface area contributed by atoms with Crippen LogP contribution >= 0.6 is 0 Å². The Balaban J connectivity index is 2.27. The Bertz CT molecular complexity index is 168. The molecule has 0 aromatic rings. The van der Waals surface area contributed by atoms with Crippen LogP contribution in [0.25, 0.3) is 0 Å². The van der Waals surface area contributed by atoms with Gasteiger partial charge in [0.2, 0.25) is 0 Å². The molecule has 1 aliphatic rings. The monoisotopic (exact) mass is 240 g/mol. The molecule has 1 fully saturated rings. The van der Waals surface area contributed by atoms with Crippen molar-refractivity contribution in [1.29, 1.82) is 0 Å². The molecule has 1 N–H and O–H groups in total. The predicted octanol–water partition coefficient (Wildman–Crippen LogP) is 3.28. The van der Waals surface area contributed by atoms with Gasteiger partial charge in [-0.05, 0) is 57.8 Å². The normalized spacial score (nSPS) is 19.1. The minimum absolute atomic E-state index is 0.866. The fraction of sp³-hybridized carbons (Fsp3) is 1.00. The summed E-state index contributed by atoms with van der Waals surface area (Å²) in [7, 11) is 0. The Morgan fingerprint density at radius 1 is 1.06 bits per heavy atom. The van der Waals surface area contributed by atoms with E-state index in [-0.39, 0.29) is 0 Å². The molecule has 1 heterocycles. The number of piperidine rings is 1. The third-order valence-corrected chi connectivity index (χ3v) is 4.09. The Hall–Kier alpha value is -0.0800. The van der Waals surface area contributed by atoms with E-state index in [0.717, 1.165) is 18.5 Å². The van der Waals surface area contributed by atoms with E-state index in [9.17, 15) is 0 Å². The molecule has 0 aromatic carbocycles. The highest BCUT2D eigenvalue weighted by atomic mass is 15.2. The third-order valence-electron chi connectivity index (χ3n) is 4.09. The van der Waals surface area contributed by atoms with Crippen molar-refractivity contribution in [3.8, 4) is 0 Å². The van der Waals surface area contributed by atoms with Gasteiger partial charge in [0.1, 0.15) is 0 Å². The topological polar surface area (TPSA) is 15.3 Å². The number of hydrogen-bond donors (Lipinski definition) is 1. The highest BCUT2D eigenvalue weighted by molar-refractivity contribution is 4.79. The van der Waals surface area contributed by atoms with E-state index < -0.39 is 0 Å². The summed E-state index contributed by atoms with van der Waals surface area (Å²) >= 11 is 0. The van der Waals surface area contributed by atoms with E-state index >= 15 is 0 Å². The van der Waals surface area contributed by atoms with Crippen LogP contribution in [0.1, 0.15) is 59.3 Å². The van der Waals surface area contributed by atoms with Crippen LogP contribution in [0.3, 0.4) is 0 Å². The van der Waals surface area contributed by atoms with Crippen LogP contribution in [0, 0.1) is 5.92 Å². The van der Waals surface area contributed by atoms with Gasteiger partial charge >= 0.3 is 0 Å². The van der Waals surface area contributed by atoms with Crippen molar-refractivity contribution < 1.29 is 0 Å². The first-order chi connectivity index (χ1) is 8.31. The Labute approximate surface area is 108 Å². The van der Waals surface area contributed by atoms with Crippen LogP contribution in [0.4, 0.5) is 0 Å². The van der Waals surface area contributed by atoms with Crippen LogP contribution in [-0.2, 0) is 0 Å². The van der Waals surface area contributed by atoms with Gasteiger partial charge in [-0.2, -0.15) is 0 Å². The maximum absolute atomic E-state index is 3.49. The molecule has 0 unspecified atom stereocenters. The Morgan fingerprint density at radius 2 is 1.65 bits per heavy atom. The zero-order chi connectivity index (χ0) is 12.5. The summed E-state index contributed by atoms with van der Waals surface area (Å²) < 4.78 is 0. The SMILES string of the molecule is CCCC(CCC)N1CCC(CNCC)CC1. The van der Waals surface area contributed by atoms with E-state index in [1.54, 1.807) is 0 Å². The molecule has 102 valence electrons. The summed E-state index contributed by atoms with van der Waals surface area (Å²) in [6, 6.07) is 0.866. The second kappa shape index (κ2) is 8.93. The van der Waals surface area contributed by atoms with Crippen molar-refractivity contribution >= 4 is 0 Å². The van der Waals surface area contributed by atoms with Crippen molar-refractivity contribution in [2.75, 3.05) is 26.2 Å². The van der Waals surface area contributed by atoms with Gasteiger partial charge in [-0.25, -0.2) is 0 Å². The summed E-state index contributed by atoms with van der Waals surface area (Å²) in [5, 5.41) is 3.49. The zero-order valence-corrected chi connectivity index (χ0v) is 12.2. The van der Waals surface area contributed by atoms with Crippen molar-refractivity contribution in [3.63, 3.8) is 0 Å². The first-order valence-corrected chi connectivity index (χ1v) is 7.76. The van der Waals surface area contributed by atoms with Gasteiger partial charge in [-0.1, -0.05) is 33.6 Å². The van der Waals surface area contributed by atoms with Crippen LogP contribution in [0.15, 0.2) is 0 Å². The van der Waals surface area contributed by atoms with Gasteiger partial charge in [0, 0.05) is 6.04 Å². The second-order valence-electron chi connectivity index (χ2n) is 5.52. The lowest BCUT2D eigenvalue weighted by Gasteiger charge is -2.37. The van der Waals surface area contributed by atoms with Gasteiger partial charge in [-0.3, -0.25) is 0 Å². The van der Waals surface area contributed by atoms with Crippen LogP contribution in [-0.4, -0.2) is 37.1 Å². The van der Waals surface area contributed by atoms with Crippen molar-refractivity contribution in [2.45, 2.75) is 65.3 Å². The minimum Gasteiger partial charge on any atom is -0.317 e. The number of hydrogen-bond acceptors (Lipinski definition) is 2. The molecule has 0 radical (unpaired) electrons. The van der Waals surface area contributed by atoms with E-state index in [4.69, 9.17) is 0 Å². The molecule has 1 aliphatic heterocycles. The number of nitrogens with zero attached hydrogens (tertiary/aromatic N) is 1. The van der Waals surface area contributed by atoms with Gasteiger partial charge < -0.3 is 10.2 Å². The fourth-order valence-electron chi connectivity index (χ4n) is 3.05. The van der Waals surface area contributed by atoms with Crippen molar-refractivity contribution in [2.24, 2.45) is 5.92 Å². The van der Waals surface area contributed by atoms with Crippen molar-refractivity contribution in [3.05, 3.63) is 0 Å². The second-order valence-corrected chi connectivity index (χ2v) is 5.52.